The number of benzene rings is 3. The van der Waals surface area contributed by atoms with Gasteiger partial charge in [-0.15, -0.1) is 0 Å². The summed E-state index contributed by atoms with van der Waals surface area (Å²) < 4.78 is 14.1. The van der Waals surface area contributed by atoms with E-state index in [1.807, 2.05) is 43.3 Å². The number of halogens is 1. The van der Waals surface area contributed by atoms with E-state index in [1.165, 1.54) is 16.7 Å². The van der Waals surface area contributed by atoms with Gasteiger partial charge in [0.25, 0.3) is 0 Å². The van der Waals surface area contributed by atoms with E-state index < -0.39 is 0 Å². The molecule has 3 aromatic rings. The van der Waals surface area contributed by atoms with Crippen molar-refractivity contribution in [2.45, 2.75) is 27.7 Å². The van der Waals surface area contributed by atoms with Gasteiger partial charge in [-0.1, -0.05) is 36.1 Å². The lowest BCUT2D eigenvalue weighted by molar-refractivity contribution is 0.630. The second-order valence-electron chi connectivity index (χ2n) is 6.55. The fraction of sp³-hybridized carbons (Fsp3) is 0.167. The van der Waals surface area contributed by atoms with Crippen molar-refractivity contribution in [3.05, 3.63) is 93.8 Å². The summed E-state index contributed by atoms with van der Waals surface area (Å²) in [7, 11) is 0. The standard InChI is InChI=1S/C24H21F/c1-16-5-12-23(24(25)13-16)22-10-8-20(9-11-22)6-7-21-14-17(2)19(4)18(3)15-21/h5,8-15H,1-4H3. The molecule has 25 heavy (non-hydrogen) atoms. The van der Waals surface area contributed by atoms with Crippen molar-refractivity contribution < 1.29 is 4.39 Å². The molecule has 0 bridgehead atoms. The van der Waals surface area contributed by atoms with Crippen molar-refractivity contribution in [3.8, 4) is 23.0 Å². The van der Waals surface area contributed by atoms with Crippen LogP contribution in [0.4, 0.5) is 4.39 Å². The molecule has 124 valence electrons. The van der Waals surface area contributed by atoms with E-state index in [0.29, 0.717) is 5.56 Å². The zero-order valence-corrected chi connectivity index (χ0v) is 15.1. The highest BCUT2D eigenvalue weighted by Gasteiger charge is 2.04. The van der Waals surface area contributed by atoms with Gasteiger partial charge in [0.1, 0.15) is 5.82 Å². The maximum atomic E-state index is 14.1. The van der Waals surface area contributed by atoms with Crippen LogP contribution in [0.1, 0.15) is 33.4 Å². The molecule has 0 aliphatic heterocycles. The SMILES string of the molecule is Cc1ccc(-c2ccc(C#Cc3cc(C)c(C)c(C)c3)cc2)c(F)c1. The second-order valence-corrected chi connectivity index (χ2v) is 6.55. The smallest absolute Gasteiger partial charge is 0.131 e. The van der Waals surface area contributed by atoms with Crippen LogP contribution in [-0.2, 0) is 0 Å². The summed E-state index contributed by atoms with van der Waals surface area (Å²) in [5, 5.41) is 0. The van der Waals surface area contributed by atoms with Crippen LogP contribution >= 0.6 is 0 Å². The van der Waals surface area contributed by atoms with Crippen molar-refractivity contribution in [3.63, 3.8) is 0 Å². The van der Waals surface area contributed by atoms with Crippen LogP contribution in [-0.4, -0.2) is 0 Å². The summed E-state index contributed by atoms with van der Waals surface area (Å²) >= 11 is 0. The van der Waals surface area contributed by atoms with E-state index in [0.717, 1.165) is 22.3 Å². The summed E-state index contributed by atoms with van der Waals surface area (Å²) in [6.45, 7) is 8.24. The molecule has 0 fully saturated rings. The summed E-state index contributed by atoms with van der Waals surface area (Å²) in [4.78, 5) is 0. The average Bonchev–Trinajstić information content (AvgIpc) is 2.58. The molecule has 3 rings (SSSR count). The first-order chi connectivity index (χ1) is 11.9. The third-order valence-electron chi connectivity index (χ3n) is 4.60. The van der Waals surface area contributed by atoms with Gasteiger partial charge in [0, 0.05) is 16.7 Å². The molecular formula is C24H21F. The summed E-state index contributed by atoms with van der Waals surface area (Å²) in [6, 6.07) is 17.3. The fourth-order valence-electron chi connectivity index (χ4n) is 2.84. The Morgan fingerprint density at radius 2 is 1.28 bits per heavy atom. The third kappa shape index (κ3) is 3.80. The van der Waals surface area contributed by atoms with E-state index >= 15 is 0 Å². The van der Waals surface area contributed by atoms with Crippen LogP contribution in [0, 0.1) is 45.4 Å². The normalized spacial score (nSPS) is 10.3. The minimum atomic E-state index is -0.190. The molecule has 0 aliphatic carbocycles. The molecule has 0 aromatic heterocycles. The Balaban J connectivity index is 1.87. The molecule has 0 amide bonds. The highest BCUT2D eigenvalue weighted by Crippen LogP contribution is 2.24. The average molecular weight is 328 g/mol. The maximum absolute atomic E-state index is 14.1. The van der Waals surface area contributed by atoms with Gasteiger partial charge in [0.15, 0.2) is 0 Å². The molecule has 3 aromatic carbocycles. The van der Waals surface area contributed by atoms with Crippen LogP contribution < -0.4 is 0 Å². The molecule has 0 heterocycles. The topological polar surface area (TPSA) is 0 Å². The molecule has 0 spiro atoms. The van der Waals surface area contributed by atoms with Crippen LogP contribution in [0.15, 0.2) is 54.6 Å². The molecule has 1 heteroatoms. The van der Waals surface area contributed by atoms with Gasteiger partial charge in [-0.2, -0.15) is 0 Å². The van der Waals surface area contributed by atoms with E-state index in [9.17, 15) is 4.39 Å². The highest BCUT2D eigenvalue weighted by atomic mass is 19.1. The minimum Gasteiger partial charge on any atom is -0.206 e. The summed E-state index contributed by atoms with van der Waals surface area (Å²) in [5.41, 5.74) is 8.19. The lowest BCUT2D eigenvalue weighted by atomic mass is 10.00. The van der Waals surface area contributed by atoms with Crippen LogP contribution in [0.5, 0.6) is 0 Å². The lowest BCUT2D eigenvalue weighted by Gasteiger charge is -2.05. The van der Waals surface area contributed by atoms with E-state index in [4.69, 9.17) is 0 Å². The predicted octanol–water partition coefficient (Wildman–Crippen LogP) is 6.13. The van der Waals surface area contributed by atoms with Crippen LogP contribution in [0.2, 0.25) is 0 Å². The quantitative estimate of drug-likeness (QED) is 0.472. The molecule has 0 atom stereocenters. The maximum Gasteiger partial charge on any atom is 0.131 e. The molecule has 0 N–H and O–H groups in total. The second kappa shape index (κ2) is 6.95. The largest absolute Gasteiger partial charge is 0.206 e. The molecule has 0 nitrogen and oxygen atoms in total. The molecule has 0 saturated heterocycles. The van der Waals surface area contributed by atoms with Crippen molar-refractivity contribution >= 4 is 0 Å². The summed E-state index contributed by atoms with van der Waals surface area (Å²) in [6.07, 6.45) is 0. The van der Waals surface area contributed by atoms with Crippen molar-refractivity contribution in [2.24, 2.45) is 0 Å². The molecular weight excluding hydrogens is 307 g/mol. The van der Waals surface area contributed by atoms with Crippen LogP contribution in [0.25, 0.3) is 11.1 Å². The van der Waals surface area contributed by atoms with E-state index in [-0.39, 0.29) is 5.82 Å². The van der Waals surface area contributed by atoms with Gasteiger partial charge >= 0.3 is 0 Å². The van der Waals surface area contributed by atoms with Gasteiger partial charge in [-0.05, 0) is 85.8 Å². The van der Waals surface area contributed by atoms with Crippen LogP contribution in [0.3, 0.4) is 0 Å². The number of rotatable bonds is 1. The summed E-state index contributed by atoms with van der Waals surface area (Å²) in [5.74, 6) is 6.23. The van der Waals surface area contributed by atoms with Gasteiger partial charge in [-0.25, -0.2) is 4.39 Å². The minimum absolute atomic E-state index is 0.190. The van der Waals surface area contributed by atoms with Crippen molar-refractivity contribution in [2.75, 3.05) is 0 Å². The molecule has 0 saturated carbocycles. The Bertz CT molecular complexity index is 960. The Morgan fingerprint density at radius 3 is 1.88 bits per heavy atom. The number of hydrogen-bond donors (Lipinski definition) is 0. The first kappa shape index (κ1) is 17.0. The van der Waals surface area contributed by atoms with Crippen molar-refractivity contribution in [1.29, 1.82) is 0 Å². The van der Waals surface area contributed by atoms with Gasteiger partial charge in [0.05, 0.1) is 0 Å². The number of aryl methyl sites for hydroxylation is 3. The monoisotopic (exact) mass is 328 g/mol. The molecule has 0 aliphatic rings. The fourth-order valence-corrected chi connectivity index (χ4v) is 2.84. The Morgan fingerprint density at radius 1 is 0.680 bits per heavy atom. The first-order valence-electron chi connectivity index (χ1n) is 8.40. The van der Waals surface area contributed by atoms with Crippen molar-refractivity contribution in [1.82, 2.24) is 0 Å². The van der Waals surface area contributed by atoms with Gasteiger partial charge in [0.2, 0.25) is 0 Å². The zero-order chi connectivity index (χ0) is 18.0. The highest BCUT2D eigenvalue weighted by molar-refractivity contribution is 5.65. The zero-order valence-electron chi connectivity index (χ0n) is 15.1. The van der Waals surface area contributed by atoms with E-state index in [1.54, 1.807) is 6.07 Å². The molecule has 0 unspecified atom stereocenters. The Kier molecular flexibility index (Phi) is 4.72. The van der Waals surface area contributed by atoms with E-state index in [2.05, 4.69) is 44.7 Å². The van der Waals surface area contributed by atoms with Gasteiger partial charge < -0.3 is 0 Å². The first-order valence-corrected chi connectivity index (χ1v) is 8.40. The number of hydrogen-bond acceptors (Lipinski definition) is 0. The lowest BCUT2D eigenvalue weighted by Crippen LogP contribution is -1.88. The van der Waals surface area contributed by atoms with Gasteiger partial charge in [-0.3, -0.25) is 0 Å². The molecule has 0 radical (unpaired) electrons. The third-order valence-corrected chi connectivity index (χ3v) is 4.60. The Labute approximate surface area is 149 Å². The Hall–Kier alpha value is -2.85. The predicted molar refractivity (Wildman–Crippen MR) is 103 cm³/mol.